The highest BCUT2D eigenvalue weighted by atomic mass is 32.1. The van der Waals surface area contributed by atoms with Crippen LogP contribution >= 0.6 is 12.6 Å². The number of rotatable bonds is 1. The molecule has 3 heteroatoms. The topological polar surface area (TPSA) is 26.3 Å². The second-order valence-corrected chi connectivity index (χ2v) is 2.00. The summed E-state index contributed by atoms with van der Waals surface area (Å²) in [5.41, 5.74) is 0. The Morgan fingerprint density at radius 1 is 1.30 bits per heavy atom. The first-order valence-electron chi connectivity index (χ1n) is 2.73. The van der Waals surface area contributed by atoms with E-state index in [9.17, 15) is 4.79 Å². The van der Waals surface area contributed by atoms with Crippen LogP contribution in [0.1, 0.15) is 0 Å². The van der Waals surface area contributed by atoms with Crippen LogP contribution < -0.4 is 4.74 Å². The SMILES string of the molecule is O=C([S])Oc1ccccc1. The third kappa shape index (κ3) is 2.03. The summed E-state index contributed by atoms with van der Waals surface area (Å²) in [6.45, 7) is 0. The smallest absolute Gasteiger partial charge is 0.405 e. The van der Waals surface area contributed by atoms with Crippen LogP contribution in [0.15, 0.2) is 30.3 Å². The van der Waals surface area contributed by atoms with Gasteiger partial charge in [0.1, 0.15) is 5.75 Å². The maximum absolute atomic E-state index is 10.2. The van der Waals surface area contributed by atoms with Gasteiger partial charge in [-0.2, -0.15) is 0 Å². The molecule has 0 heterocycles. The van der Waals surface area contributed by atoms with Crippen LogP contribution in [0.4, 0.5) is 4.79 Å². The van der Waals surface area contributed by atoms with Gasteiger partial charge in [0, 0.05) is 12.6 Å². The Kier molecular flexibility index (Phi) is 2.23. The van der Waals surface area contributed by atoms with Crippen molar-refractivity contribution in [3.8, 4) is 5.75 Å². The van der Waals surface area contributed by atoms with E-state index >= 15 is 0 Å². The molecule has 0 aliphatic heterocycles. The van der Waals surface area contributed by atoms with Crippen molar-refractivity contribution in [3.05, 3.63) is 30.3 Å². The molecule has 0 unspecified atom stereocenters. The van der Waals surface area contributed by atoms with E-state index in [2.05, 4.69) is 17.4 Å². The van der Waals surface area contributed by atoms with E-state index in [1.54, 1.807) is 24.3 Å². The molecule has 2 nitrogen and oxygen atoms in total. The normalized spacial score (nSPS) is 8.80. The molecule has 0 bridgehead atoms. The predicted octanol–water partition coefficient (Wildman–Crippen LogP) is 2.38. The Labute approximate surface area is 64.2 Å². The summed E-state index contributed by atoms with van der Waals surface area (Å²) in [7, 11) is 0. The minimum Gasteiger partial charge on any atom is -0.415 e. The zero-order valence-electron chi connectivity index (χ0n) is 5.11. The van der Waals surface area contributed by atoms with E-state index in [1.807, 2.05) is 6.07 Å². The van der Waals surface area contributed by atoms with Crippen molar-refractivity contribution in [3.63, 3.8) is 0 Å². The van der Waals surface area contributed by atoms with Crippen molar-refractivity contribution in [1.82, 2.24) is 0 Å². The van der Waals surface area contributed by atoms with Crippen molar-refractivity contribution in [2.24, 2.45) is 0 Å². The Morgan fingerprint density at radius 3 is 2.40 bits per heavy atom. The number of para-hydroxylation sites is 1. The number of hydrogen-bond donors (Lipinski definition) is 0. The molecular formula is C7H5O2S. The Morgan fingerprint density at radius 2 is 1.90 bits per heavy atom. The van der Waals surface area contributed by atoms with Gasteiger partial charge in [-0.1, -0.05) is 18.2 Å². The lowest BCUT2D eigenvalue weighted by atomic mass is 10.3. The van der Waals surface area contributed by atoms with Crippen LogP contribution in [0.25, 0.3) is 0 Å². The molecule has 1 aromatic carbocycles. The first kappa shape index (κ1) is 7.02. The number of hydrogen-bond acceptors (Lipinski definition) is 2. The van der Waals surface area contributed by atoms with E-state index < -0.39 is 5.30 Å². The second-order valence-electron chi connectivity index (χ2n) is 1.67. The number of ether oxygens (including phenoxy) is 1. The van der Waals surface area contributed by atoms with Gasteiger partial charge in [0.15, 0.2) is 0 Å². The maximum atomic E-state index is 10.2. The number of carbonyl (C=O) groups is 1. The Hall–Kier alpha value is -1.09. The summed E-state index contributed by atoms with van der Waals surface area (Å²) in [5.74, 6) is 0.488. The van der Waals surface area contributed by atoms with Crippen LogP contribution in [0.5, 0.6) is 5.75 Å². The van der Waals surface area contributed by atoms with Gasteiger partial charge in [-0.05, 0) is 12.1 Å². The summed E-state index contributed by atoms with van der Waals surface area (Å²) in [6, 6.07) is 8.72. The fraction of sp³-hybridized carbons (Fsp3) is 0. The van der Waals surface area contributed by atoms with Crippen molar-refractivity contribution in [2.75, 3.05) is 0 Å². The first-order valence-corrected chi connectivity index (χ1v) is 3.14. The fourth-order valence-electron chi connectivity index (χ4n) is 0.585. The van der Waals surface area contributed by atoms with E-state index in [0.29, 0.717) is 5.75 Å². The quantitative estimate of drug-likeness (QED) is 0.579. The maximum Gasteiger partial charge on any atom is 0.405 e. The molecule has 0 fully saturated rings. The average molecular weight is 153 g/mol. The van der Waals surface area contributed by atoms with Crippen LogP contribution in [0, 0.1) is 0 Å². The lowest BCUT2D eigenvalue weighted by molar-refractivity contribution is 0.227. The summed E-state index contributed by atoms with van der Waals surface area (Å²) in [6.07, 6.45) is 0. The molecule has 0 aliphatic rings. The van der Waals surface area contributed by atoms with E-state index in [0.717, 1.165) is 0 Å². The van der Waals surface area contributed by atoms with Crippen LogP contribution in [0.2, 0.25) is 0 Å². The molecular weight excluding hydrogens is 148 g/mol. The molecule has 0 atom stereocenters. The van der Waals surface area contributed by atoms with Gasteiger partial charge < -0.3 is 4.74 Å². The molecule has 0 saturated heterocycles. The molecule has 0 aliphatic carbocycles. The van der Waals surface area contributed by atoms with Crippen LogP contribution in [-0.2, 0) is 0 Å². The standard InChI is InChI=1S/C7H5O2S/c8-7(10)9-6-4-2-1-3-5-6/h1-5H. The molecule has 1 aromatic rings. The minimum absolute atomic E-state index is 0.488. The Bertz CT molecular complexity index is 220. The molecule has 0 N–H and O–H groups in total. The van der Waals surface area contributed by atoms with Crippen molar-refractivity contribution >= 4 is 17.9 Å². The van der Waals surface area contributed by atoms with Crippen molar-refractivity contribution in [1.29, 1.82) is 0 Å². The molecule has 0 spiro atoms. The second kappa shape index (κ2) is 3.17. The van der Waals surface area contributed by atoms with E-state index in [4.69, 9.17) is 0 Å². The zero-order chi connectivity index (χ0) is 7.40. The monoisotopic (exact) mass is 153 g/mol. The van der Waals surface area contributed by atoms with Gasteiger partial charge in [0.25, 0.3) is 0 Å². The van der Waals surface area contributed by atoms with E-state index in [-0.39, 0.29) is 0 Å². The first-order chi connectivity index (χ1) is 4.79. The fourth-order valence-corrected chi connectivity index (χ4v) is 0.681. The third-order valence-electron chi connectivity index (χ3n) is 0.944. The molecule has 51 valence electrons. The highest BCUT2D eigenvalue weighted by molar-refractivity contribution is 7.96. The molecule has 0 amide bonds. The molecule has 1 radical (unpaired) electrons. The zero-order valence-corrected chi connectivity index (χ0v) is 5.93. The van der Waals surface area contributed by atoms with Gasteiger partial charge in [-0.15, -0.1) is 0 Å². The van der Waals surface area contributed by atoms with Gasteiger partial charge in [0.2, 0.25) is 0 Å². The van der Waals surface area contributed by atoms with Gasteiger partial charge >= 0.3 is 5.30 Å². The minimum atomic E-state index is -0.703. The molecule has 10 heavy (non-hydrogen) atoms. The number of carbonyl (C=O) groups excluding carboxylic acids is 1. The van der Waals surface area contributed by atoms with E-state index in [1.165, 1.54) is 0 Å². The largest absolute Gasteiger partial charge is 0.415 e. The Balaban J connectivity index is 2.67. The molecule has 0 saturated carbocycles. The molecule has 1 rings (SSSR count). The van der Waals surface area contributed by atoms with Gasteiger partial charge in [-0.3, -0.25) is 0 Å². The van der Waals surface area contributed by atoms with Crippen molar-refractivity contribution in [2.45, 2.75) is 0 Å². The highest BCUT2D eigenvalue weighted by Gasteiger charge is 1.95. The van der Waals surface area contributed by atoms with Gasteiger partial charge in [-0.25, -0.2) is 4.79 Å². The average Bonchev–Trinajstić information content (AvgIpc) is 1.88. The molecule has 0 aromatic heterocycles. The number of benzene rings is 1. The summed E-state index contributed by atoms with van der Waals surface area (Å²) >= 11 is 4.20. The van der Waals surface area contributed by atoms with Crippen LogP contribution in [0.3, 0.4) is 0 Å². The summed E-state index contributed by atoms with van der Waals surface area (Å²) in [4.78, 5) is 10.2. The summed E-state index contributed by atoms with van der Waals surface area (Å²) in [5, 5.41) is -0.703. The van der Waals surface area contributed by atoms with Gasteiger partial charge in [0.05, 0.1) is 0 Å². The predicted molar refractivity (Wildman–Crippen MR) is 40.1 cm³/mol. The summed E-state index contributed by atoms with van der Waals surface area (Å²) < 4.78 is 4.59. The van der Waals surface area contributed by atoms with Crippen LogP contribution in [-0.4, -0.2) is 5.30 Å². The lowest BCUT2D eigenvalue weighted by Gasteiger charge is -1.95. The lowest BCUT2D eigenvalue weighted by Crippen LogP contribution is -1.94. The van der Waals surface area contributed by atoms with Crippen molar-refractivity contribution < 1.29 is 9.53 Å². The highest BCUT2D eigenvalue weighted by Crippen LogP contribution is 2.09. The third-order valence-corrected chi connectivity index (χ3v) is 1.03.